The Kier molecular flexibility index (Phi) is 7.62. The molecule has 1 heterocycles. The molecule has 6 nitrogen and oxygen atoms in total. The molecule has 1 rings (SSSR count). The maximum atomic E-state index is 9.80. The molecule has 1 unspecified atom stereocenters. The highest BCUT2D eigenvalue weighted by molar-refractivity contribution is 4.92. The summed E-state index contributed by atoms with van der Waals surface area (Å²) in [6, 6.07) is 0.419. The predicted molar refractivity (Wildman–Crippen MR) is 73.7 cm³/mol. The van der Waals surface area contributed by atoms with E-state index < -0.39 is 6.10 Å². The highest BCUT2D eigenvalue weighted by Crippen LogP contribution is 1.97. The number of ether oxygens (including phenoxy) is 1. The van der Waals surface area contributed by atoms with Crippen molar-refractivity contribution >= 4 is 0 Å². The van der Waals surface area contributed by atoms with Gasteiger partial charge in [-0.2, -0.15) is 0 Å². The van der Waals surface area contributed by atoms with Crippen molar-refractivity contribution in [3.8, 4) is 0 Å². The average molecular weight is 270 g/mol. The zero-order chi connectivity index (χ0) is 14.1. The van der Waals surface area contributed by atoms with Crippen LogP contribution in [0.4, 0.5) is 0 Å². The molecule has 0 radical (unpaired) electrons. The van der Waals surface area contributed by atoms with Crippen molar-refractivity contribution in [3.05, 3.63) is 11.9 Å². The maximum Gasteiger partial charge on any atom is 0.0969 e. The van der Waals surface area contributed by atoms with Crippen LogP contribution < -0.4 is 5.32 Å². The van der Waals surface area contributed by atoms with Crippen molar-refractivity contribution in [1.82, 2.24) is 20.3 Å². The van der Waals surface area contributed by atoms with Crippen molar-refractivity contribution in [3.63, 3.8) is 0 Å². The summed E-state index contributed by atoms with van der Waals surface area (Å²) in [6.07, 6.45) is 3.45. The molecule has 0 amide bonds. The van der Waals surface area contributed by atoms with Gasteiger partial charge in [0.1, 0.15) is 0 Å². The normalized spacial score (nSPS) is 13.1. The molecule has 2 N–H and O–H groups in total. The Bertz CT molecular complexity index is 341. The third-order valence-electron chi connectivity index (χ3n) is 2.63. The van der Waals surface area contributed by atoms with Crippen LogP contribution >= 0.6 is 0 Å². The lowest BCUT2D eigenvalue weighted by Gasteiger charge is -2.10. The lowest BCUT2D eigenvalue weighted by Crippen LogP contribution is -2.23. The van der Waals surface area contributed by atoms with Crippen molar-refractivity contribution in [1.29, 1.82) is 0 Å². The van der Waals surface area contributed by atoms with E-state index in [0.29, 0.717) is 32.3 Å². The maximum absolute atomic E-state index is 9.80. The first-order valence-electron chi connectivity index (χ1n) is 7.00. The first-order chi connectivity index (χ1) is 9.11. The molecule has 1 aromatic heterocycles. The summed E-state index contributed by atoms with van der Waals surface area (Å²) in [5.41, 5.74) is 0.882. The number of rotatable bonds is 10. The van der Waals surface area contributed by atoms with Crippen LogP contribution in [0.25, 0.3) is 0 Å². The van der Waals surface area contributed by atoms with E-state index in [1.54, 1.807) is 4.68 Å². The molecule has 19 heavy (non-hydrogen) atoms. The van der Waals surface area contributed by atoms with Crippen molar-refractivity contribution in [2.75, 3.05) is 13.2 Å². The number of nitrogens with zero attached hydrogens (tertiary/aromatic N) is 3. The van der Waals surface area contributed by atoms with Gasteiger partial charge in [0.05, 0.1) is 24.9 Å². The van der Waals surface area contributed by atoms with Gasteiger partial charge >= 0.3 is 0 Å². The van der Waals surface area contributed by atoms with Gasteiger partial charge < -0.3 is 15.2 Å². The van der Waals surface area contributed by atoms with Crippen molar-refractivity contribution in [2.45, 2.75) is 58.8 Å². The molecule has 0 bridgehead atoms. The summed E-state index contributed by atoms with van der Waals surface area (Å²) < 4.78 is 7.03. The average Bonchev–Trinajstić information content (AvgIpc) is 2.80. The Balaban J connectivity index is 2.24. The fourth-order valence-corrected chi connectivity index (χ4v) is 1.55. The van der Waals surface area contributed by atoms with Crippen molar-refractivity contribution < 1.29 is 9.84 Å². The summed E-state index contributed by atoms with van der Waals surface area (Å²) in [5.74, 6) is 0. The standard InChI is InChI=1S/C13H26N4O2/c1-4-5-6-19-10-13(18)9-17-8-12(15-16-17)7-14-11(2)3/h8,11,13-14,18H,4-7,9-10H2,1-3H3. The molecule has 0 fully saturated rings. The van der Waals surface area contributed by atoms with Gasteiger partial charge in [-0.25, -0.2) is 4.68 Å². The second-order valence-electron chi connectivity index (χ2n) is 5.05. The minimum Gasteiger partial charge on any atom is -0.389 e. The van der Waals surface area contributed by atoms with Crippen LogP contribution in [0.1, 0.15) is 39.3 Å². The summed E-state index contributed by atoms with van der Waals surface area (Å²) in [4.78, 5) is 0. The number of aliphatic hydroxyl groups is 1. The van der Waals surface area contributed by atoms with E-state index in [1.165, 1.54) is 0 Å². The van der Waals surface area contributed by atoms with Gasteiger partial charge in [-0.05, 0) is 6.42 Å². The molecular weight excluding hydrogens is 244 g/mol. The van der Waals surface area contributed by atoms with Crippen LogP contribution in [0.2, 0.25) is 0 Å². The molecule has 0 aliphatic heterocycles. The predicted octanol–water partition coefficient (Wildman–Crippen LogP) is 0.954. The second-order valence-corrected chi connectivity index (χ2v) is 5.05. The van der Waals surface area contributed by atoms with E-state index in [-0.39, 0.29) is 0 Å². The summed E-state index contributed by atoms with van der Waals surface area (Å²) >= 11 is 0. The van der Waals surface area contributed by atoms with Gasteiger partial charge in [0.2, 0.25) is 0 Å². The van der Waals surface area contributed by atoms with Crippen LogP contribution in [0.5, 0.6) is 0 Å². The molecular formula is C13H26N4O2. The highest BCUT2D eigenvalue weighted by Gasteiger charge is 2.08. The zero-order valence-electron chi connectivity index (χ0n) is 12.2. The quantitative estimate of drug-likeness (QED) is 0.619. The lowest BCUT2D eigenvalue weighted by atomic mass is 10.3. The van der Waals surface area contributed by atoms with E-state index in [0.717, 1.165) is 18.5 Å². The molecule has 1 atom stereocenters. The van der Waals surface area contributed by atoms with Crippen LogP contribution in [-0.2, 0) is 17.8 Å². The SMILES string of the molecule is CCCCOCC(O)Cn1cc(CNC(C)C)nn1. The van der Waals surface area contributed by atoms with E-state index in [1.807, 2.05) is 6.20 Å². The number of hydrogen-bond acceptors (Lipinski definition) is 5. The number of hydrogen-bond donors (Lipinski definition) is 2. The van der Waals surface area contributed by atoms with Gasteiger partial charge in [-0.1, -0.05) is 32.4 Å². The Morgan fingerprint density at radius 3 is 2.95 bits per heavy atom. The topological polar surface area (TPSA) is 72.2 Å². The Morgan fingerprint density at radius 1 is 1.47 bits per heavy atom. The fraction of sp³-hybridized carbons (Fsp3) is 0.846. The van der Waals surface area contributed by atoms with Gasteiger partial charge in [0.25, 0.3) is 0 Å². The number of nitrogens with one attached hydrogen (secondary N) is 1. The molecule has 0 spiro atoms. The molecule has 110 valence electrons. The van der Waals surface area contributed by atoms with E-state index in [2.05, 4.69) is 36.4 Å². The van der Waals surface area contributed by atoms with Crippen molar-refractivity contribution in [2.24, 2.45) is 0 Å². The number of aromatic nitrogens is 3. The largest absolute Gasteiger partial charge is 0.389 e. The fourth-order valence-electron chi connectivity index (χ4n) is 1.55. The molecule has 0 aliphatic rings. The zero-order valence-corrected chi connectivity index (χ0v) is 12.2. The molecule has 6 heteroatoms. The smallest absolute Gasteiger partial charge is 0.0969 e. The van der Waals surface area contributed by atoms with Gasteiger partial charge in [-0.3, -0.25) is 0 Å². The molecule has 0 aromatic carbocycles. The Labute approximate surface area is 115 Å². The van der Waals surface area contributed by atoms with E-state index in [4.69, 9.17) is 4.74 Å². The van der Waals surface area contributed by atoms with E-state index >= 15 is 0 Å². The molecule has 0 saturated heterocycles. The number of unbranched alkanes of at least 4 members (excludes halogenated alkanes) is 1. The summed E-state index contributed by atoms with van der Waals surface area (Å²) in [6.45, 7) is 8.45. The molecule has 0 saturated carbocycles. The minimum absolute atomic E-state index is 0.347. The minimum atomic E-state index is -0.538. The first-order valence-corrected chi connectivity index (χ1v) is 7.00. The lowest BCUT2D eigenvalue weighted by molar-refractivity contribution is 0.0251. The van der Waals surface area contributed by atoms with Gasteiger partial charge in [0, 0.05) is 25.4 Å². The summed E-state index contributed by atoms with van der Waals surface area (Å²) in [5, 5.41) is 21.1. The third kappa shape index (κ3) is 7.25. The third-order valence-corrected chi connectivity index (χ3v) is 2.63. The van der Waals surface area contributed by atoms with Gasteiger partial charge in [0.15, 0.2) is 0 Å². The van der Waals surface area contributed by atoms with Crippen LogP contribution in [0, 0.1) is 0 Å². The summed E-state index contributed by atoms with van der Waals surface area (Å²) in [7, 11) is 0. The first kappa shape index (κ1) is 16.1. The Morgan fingerprint density at radius 2 is 2.26 bits per heavy atom. The molecule has 0 aliphatic carbocycles. The monoisotopic (exact) mass is 270 g/mol. The number of aliphatic hydroxyl groups excluding tert-OH is 1. The second kappa shape index (κ2) is 9.01. The Hall–Kier alpha value is -0.980. The van der Waals surface area contributed by atoms with Crippen LogP contribution in [0.15, 0.2) is 6.20 Å². The van der Waals surface area contributed by atoms with E-state index in [9.17, 15) is 5.11 Å². The highest BCUT2D eigenvalue weighted by atomic mass is 16.5. The molecule has 1 aromatic rings. The van der Waals surface area contributed by atoms with Crippen LogP contribution in [0.3, 0.4) is 0 Å². The van der Waals surface area contributed by atoms with Gasteiger partial charge in [-0.15, -0.1) is 5.10 Å². The van der Waals surface area contributed by atoms with Crippen LogP contribution in [-0.4, -0.2) is 45.5 Å².